The summed E-state index contributed by atoms with van der Waals surface area (Å²) in [6, 6.07) is 7.59. The Kier molecular flexibility index (Phi) is 7.59. The molecule has 0 aliphatic heterocycles. The minimum atomic E-state index is 0.219. The third-order valence-electron chi connectivity index (χ3n) is 3.53. The number of hydrogen-bond donors (Lipinski definition) is 0. The van der Waals surface area contributed by atoms with E-state index in [0.717, 1.165) is 36.0 Å². The third-order valence-corrected chi connectivity index (χ3v) is 4.27. The van der Waals surface area contributed by atoms with Crippen molar-refractivity contribution < 1.29 is 9.47 Å². The Hall–Kier alpha value is -1.53. The number of rotatable bonds is 9. The first kappa shape index (κ1) is 18.8. The van der Waals surface area contributed by atoms with E-state index < -0.39 is 0 Å². The lowest BCUT2D eigenvalue weighted by atomic mass is 10.2. The molecule has 130 valence electrons. The van der Waals surface area contributed by atoms with Crippen LogP contribution in [-0.2, 0) is 0 Å². The molecule has 0 fully saturated rings. The summed E-state index contributed by atoms with van der Waals surface area (Å²) in [5.74, 6) is 2.15. The largest absolute Gasteiger partial charge is 0.493 e. The second-order valence-corrected chi connectivity index (χ2v) is 6.31. The lowest BCUT2D eigenvalue weighted by molar-refractivity contribution is 0.286. The summed E-state index contributed by atoms with van der Waals surface area (Å²) in [4.78, 5) is 10.0. The Morgan fingerprint density at radius 2 is 2.00 bits per heavy atom. The summed E-state index contributed by atoms with van der Waals surface area (Å²) in [5.41, 5.74) is 0.932. The lowest BCUT2D eigenvalue weighted by Gasteiger charge is -2.20. The number of nitrogens with zero attached hydrogens (tertiary/aromatic N) is 3. The first-order chi connectivity index (χ1) is 11.7. The summed E-state index contributed by atoms with van der Waals surface area (Å²) in [7, 11) is 3.56. The minimum absolute atomic E-state index is 0.219. The SMILES string of the molecule is COc1ccc(N(C)c2ccnc(Cl)n2)cc1OCCCCCBr. The molecule has 24 heavy (non-hydrogen) atoms. The van der Waals surface area contributed by atoms with Crippen molar-refractivity contribution in [3.05, 3.63) is 35.7 Å². The number of anilines is 2. The molecule has 5 nitrogen and oxygen atoms in total. The van der Waals surface area contributed by atoms with Crippen molar-refractivity contribution in [1.29, 1.82) is 0 Å². The van der Waals surface area contributed by atoms with E-state index in [1.54, 1.807) is 19.4 Å². The molecule has 1 aromatic carbocycles. The van der Waals surface area contributed by atoms with E-state index in [0.29, 0.717) is 18.2 Å². The second-order valence-electron chi connectivity index (χ2n) is 5.18. The number of alkyl halides is 1. The molecule has 1 heterocycles. The van der Waals surface area contributed by atoms with Crippen molar-refractivity contribution in [2.24, 2.45) is 0 Å². The van der Waals surface area contributed by atoms with Crippen LogP contribution in [0.25, 0.3) is 0 Å². The molecular formula is C17H21BrClN3O2. The number of halogens is 2. The van der Waals surface area contributed by atoms with Gasteiger partial charge >= 0.3 is 0 Å². The molecular weight excluding hydrogens is 394 g/mol. The molecule has 0 aliphatic carbocycles. The maximum absolute atomic E-state index is 5.90. The van der Waals surface area contributed by atoms with Crippen LogP contribution >= 0.6 is 27.5 Å². The second kappa shape index (κ2) is 9.69. The van der Waals surface area contributed by atoms with Gasteiger partial charge in [0.15, 0.2) is 11.5 Å². The summed E-state index contributed by atoms with van der Waals surface area (Å²) in [6.45, 7) is 0.663. The van der Waals surface area contributed by atoms with Crippen LogP contribution in [0.2, 0.25) is 5.28 Å². The number of aromatic nitrogens is 2. The van der Waals surface area contributed by atoms with Crippen LogP contribution in [0.3, 0.4) is 0 Å². The normalized spacial score (nSPS) is 10.5. The van der Waals surface area contributed by atoms with Crippen molar-refractivity contribution in [2.75, 3.05) is 31.0 Å². The molecule has 1 aromatic heterocycles. The Morgan fingerprint density at radius 3 is 2.71 bits per heavy atom. The monoisotopic (exact) mass is 413 g/mol. The topological polar surface area (TPSA) is 47.5 Å². The average molecular weight is 415 g/mol. The molecule has 0 saturated carbocycles. The molecule has 0 amide bonds. The maximum Gasteiger partial charge on any atom is 0.224 e. The fraction of sp³-hybridized carbons (Fsp3) is 0.412. The third kappa shape index (κ3) is 5.24. The van der Waals surface area contributed by atoms with Gasteiger partial charge in [0.05, 0.1) is 13.7 Å². The van der Waals surface area contributed by atoms with Crippen LogP contribution in [0.4, 0.5) is 11.5 Å². The predicted molar refractivity (Wildman–Crippen MR) is 101 cm³/mol. The summed E-state index contributed by atoms with van der Waals surface area (Å²) >= 11 is 9.30. The van der Waals surface area contributed by atoms with Crippen molar-refractivity contribution in [2.45, 2.75) is 19.3 Å². The van der Waals surface area contributed by atoms with Gasteiger partial charge in [-0.25, -0.2) is 9.97 Å². The number of ether oxygens (including phenoxy) is 2. The molecule has 0 atom stereocenters. The zero-order valence-corrected chi connectivity index (χ0v) is 16.2. The van der Waals surface area contributed by atoms with E-state index in [4.69, 9.17) is 21.1 Å². The van der Waals surface area contributed by atoms with E-state index in [2.05, 4.69) is 25.9 Å². The molecule has 0 aliphatic rings. The standard InChI is InChI=1S/C17H21BrClN3O2/c1-22(16-8-10-20-17(19)21-16)13-6-7-14(23-2)15(12-13)24-11-5-3-4-9-18/h6-8,10,12H,3-5,9,11H2,1-2H3. The zero-order valence-electron chi connectivity index (χ0n) is 13.8. The molecule has 0 spiro atoms. The number of unbranched alkanes of at least 4 members (excludes halogenated alkanes) is 2. The van der Waals surface area contributed by atoms with Crippen LogP contribution in [-0.4, -0.2) is 36.1 Å². The van der Waals surface area contributed by atoms with Crippen molar-refractivity contribution in [3.63, 3.8) is 0 Å². The van der Waals surface area contributed by atoms with E-state index in [1.165, 1.54) is 0 Å². The van der Waals surface area contributed by atoms with Gasteiger partial charge in [-0.15, -0.1) is 0 Å². The fourth-order valence-electron chi connectivity index (χ4n) is 2.19. The van der Waals surface area contributed by atoms with Crippen LogP contribution in [0.1, 0.15) is 19.3 Å². The molecule has 2 rings (SSSR count). The highest BCUT2D eigenvalue weighted by molar-refractivity contribution is 9.09. The van der Waals surface area contributed by atoms with Gasteiger partial charge < -0.3 is 14.4 Å². The highest BCUT2D eigenvalue weighted by atomic mass is 79.9. The van der Waals surface area contributed by atoms with Gasteiger partial charge in [-0.3, -0.25) is 0 Å². The van der Waals surface area contributed by atoms with Gasteiger partial charge in [-0.05, 0) is 49.1 Å². The van der Waals surface area contributed by atoms with Gasteiger partial charge in [0.2, 0.25) is 5.28 Å². The van der Waals surface area contributed by atoms with Crippen molar-refractivity contribution >= 4 is 39.0 Å². The Balaban J connectivity index is 2.12. The van der Waals surface area contributed by atoms with Crippen LogP contribution in [0.15, 0.2) is 30.5 Å². The van der Waals surface area contributed by atoms with Gasteiger partial charge in [0.1, 0.15) is 5.82 Å². The van der Waals surface area contributed by atoms with Gasteiger partial charge in [0.25, 0.3) is 0 Å². The van der Waals surface area contributed by atoms with E-state index in [9.17, 15) is 0 Å². The molecule has 7 heteroatoms. The zero-order chi connectivity index (χ0) is 17.4. The molecule has 0 N–H and O–H groups in total. The maximum atomic E-state index is 5.90. The quantitative estimate of drug-likeness (QED) is 0.333. The average Bonchev–Trinajstić information content (AvgIpc) is 2.60. The summed E-state index contributed by atoms with van der Waals surface area (Å²) in [6.07, 6.45) is 4.92. The Labute approximate surface area is 156 Å². The van der Waals surface area contributed by atoms with Gasteiger partial charge in [-0.1, -0.05) is 15.9 Å². The smallest absolute Gasteiger partial charge is 0.224 e. The summed E-state index contributed by atoms with van der Waals surface area (Å²) in [5, 5.41) is 1.24. The van der Waals surface area contributed by atoms with Crippen molar-refractivity contribution in [1.82, 2.24) is 9.97 Å². The van der Waals surface area contributed by atoms with Crippen LogP contribution in [0, 0.1) is 0 Å². The number of benzene rings is 1. The lowest BCUT2D eigenvalue weighted by Crippen LogP contribution is -2.12. The van der Waals surface area contributed by atoms with Gasteiger partial charge in [-0.2, -0.15) is 0 Å². The molecule has 0 radical (unpaired) electrons. The molecule has 0 bridgehead atoms. The first-order valence-electron chi connectivity index (χ1n) is 7.74. The summed E-state index contributed by atoms with van der Waals surface area (Å²) < 4.78 is 11.3. The number of methoxy groups -OCH3 is 1. The Bertz CT molecular complexity index is 657. The minimum Gasteiger partial charge on any atom is -0.493 e. The first-order valence-corrected chi connectivity index (χ1v) is 9.24. The van der Waals surface area contributed by atoms with Crippen molar-refractivity contribution in [3.8, 4) is 11.5 Å². The molecule has 0 saturated heterocycles. The highest BCUT2D eigenvalue weighted by Gasteiger charge is 2.11. The Morgan fingerprint density at radius 1 is 1.17 bits per heavy atom. The molecule has 0 unspecified atom stereocenters. The predicted octanol–water partition coefficient (Wildman–Crippen LogP) is 4.85. The number of hydrogen-bond acceptors (Lipinski definition) is 5. The van der Waals surface area contributed by atoms with E-state index in [1.807, 2.05) is 30.1 Å². The van der Waals surface area contributed by atoms with E-state index in [-0.39, 0.29) is 5.28 Å². The van der Waals surface area contributed by atoms with Crippen LogP contribution < -0.4 is 14.4 Å². The van der Waals surface area contributed by atoms with Crippen LogP contribution in [0.5, 0.6) is 11.5 Å². The van der Waals surface area contributed by atoms with E-state index >= 15 is 0 Å². The highest BCUT2D eigenvalue weighted by Crippen LogP contribution is 2.33. The molecule has 2 aromatic rings. The van der Waals surface area contributed by atoms with Gasteiger partial charge in [0, 0.05) is 30.3 Å². The fourth-order valence-corrected chi connectivity index (χ4v) is 2.73.